The van der Waals surface area contributed by atoms with Crippen molar-refractivity contribution in [3.8, 4) is 5.75 Å². The van der Waals surface area contributed by atoms with E-state index in [0.29, 0.717) is 19.0 Å². The molecule has 1 unspecified atom stereocenters. The Balaban J connectivity index is 2.57. The lowest BCUT2D eigenvalue weighted by Gasteiger charge is -2.14. The lowest BCUT2D eigenvalue weighted by Crippen LogP contribution is -2.38. The second kappa shape index (κ2) is 11.3. The molecule has 1 aromatic carbocycles. The van der Waals surface area contributed by atoms with Crippen LogP contribution in [0.2, 0.25) is 0 Å². The number of carbonyl (C=O) groups is 1. The van der Waals surface area contributed by atoms with E-state index in [1.165, 1.54) is 7.11 Å². The summed E-state index contributed by atoms with van der Waals surface area (Å²) in [6, 6.07) is 7.33. The molecule has 0 heterocycles. The van der Waals surface area contributed by atoms with Crippen molar-refractivity contribution in [2.75, 3.05) is 26.7 Å². The van der Waals surface area contributed by atoms with Crippen LogP contribution in [0.3, 0.4) is 0 Å². The monoisotopic (exact) mass is 351 g/mol. The van der Waals surface area contributed by atoms with E-state index in [9.17, 15) is 9.90 Å². The lowest BCUT2D eigenvalue weighted by atomic mass is 10.1. The normalized spacial score (nSPS) is 12.6. The summed E-state index contributed by atoms with van der Waals surface area (Å²) < 4.78 is 10.2. The highest BCUT2D eigenvalue weighted by molar-refractivity contribution is 5.80. The first-order valence-corrected chi connectivity index (χ1v) is 8.50. The molecule has 0 aromatic heterocycles. The van der Waals surface area contributed by atoms with Crippen molar-refractivity contribution in [2.45, 2.75) is 39.4 Å². The Morgan fingerprint density at radius 2 is 1.92 bits per heavy atom. The Morgan fingerprint density at radius 1 is 1.24 bits per heavy atom. The molecule has 7 heteroatoms. The summed E-state index contributed by atoms with van der Waals surface area (Å²) in [5.41, 5.74) is 0.769. The highest BCUT2D eigenvalue weighted by atomic mass is 16.5. The molecule has 0 spiro atoms. The number of esters is 1. The van der Waals surface area contributed by atoms with Gasteiger partial charge in [-0.05, 0) is 38.5 Å². The number of guanidine groups is 1. The molecule has 0 aliphatic rings. The molecule has 0 amide bonds. The molecule has 25 heavy (non-hydrogen) atoms. The van der Waals surface area contributed by atoms with Crippen LogP contribution in [0.1, 0.15) is 38.9 Å². The van der Waals surface area contributed by atoms with E-state index < -0.39 is 6.10 Å². The highest BCUT2D eigenvalue weighted by Crippen LogP contribution is 2.19. The summed E-state index contributed by atoms with van der Waals surface area (Å²) in [4.78, 5) is 15.5. The fourth-order valence-corrected chi connectivity index (χ4v) is 2.05. The van der Waals surface area contributed by atoms with Gasteiger partial charge in [0.05, 0.1) is 32.3 Å². The van der Waals surface area contributed by atoms with Crippen molar-refractivity contribution < 1.29 is 19.4 Å². The Labute approximate surface area is 149 Å². The average molecular weight is 351 g/mol. The zero-order chi connectivity index (χ0) is 18.7. The Hall–Kier alpha value is -2.28. The van der Waals surface area contributed by atoms with Crippen LogP contribution in [0.4, 0.5) is 0 Å². The zero-order valence-corrected chi connectivity index (χ0v) is 15.4. The van der Waals surface area contributed by atoms with Crippen LogP contribution in [0.15, 0.2) is 29.3 Å². The molecule has 140 valence electrons. The molecule has 1 aromatic rings. The molecule has 0 aliphatic carbocycles. The number of nitrogens with one attached hydrogen (secondary N) is 2. The van der Waals surface area contributed by atoms with E-state index in [4.69, 9.17) is 4.74 Å². The van der Waals surface area contributed by atoms with Crippen molar-refractivity contribution in [3.05, 3.63) is 29.8 Å². The summed E-state index contributed by atoms with van der Waals surface area (Å²) >= 11 is 0. The predicted octanol–water partition coefficient (Wildman–Crippen LogP) is 1.63. The van der Waals surface area contributed by atoms with Gasteiger partial charge in [0.15, 0.2) is 5.96 Å². The number of aliphatic hydroxyl groups excluding tert-OH is 1. The van der Waals surface area contributed by atoms with Crippen molar-refractivity contribution in [3.63, 3.8) is 0 Å². The van der Waals surface area contributed by atoms with Gasteiger partial charge in [-0.25, -0.2) is 0 Å². The number of hydrogen-bond acceptors (Lipinski definition) is 5. The van der Waals surface area contributed by atoms with E-state index in [1.807, 2.05) is 45.0 Å². The van der Waals surface area contributed by atoms with Gasteiger partial charge in [0.25, 0.3) is 0 Å². The maximum atomic E-state index is 11.1. The number of nitrogens with zero attached hydrogens (tertiary/aromatic N) is 1. The molecule has 0 saturated heterocycles. The number of carbonyl (C=O) groups excluding carboxylic acids is 1. The van der Waals surface area contributed by atoms with E-state index in [-0.39, 0.29) is 25.0 Å². The lowest BCUT2D eigenvalue weighted by molar-refractivity contribution is -0.140. The van der Waals surface area contributed by atoms with Gasteiger partial charge >= 0.3 is 5.97 Å². The Kier molecular flexibility index (Phi) is 9.39. The third-order valence-corrected chi connectivity index (χ3v) is 3.25. The largest absolute Gasteiger partial charge is 0.491 e. The van der Waals surface area contributed by atoms with Crippen LogP contribution in [0.25, 0.3) is 0 Å². The minimum atomic E-state index is -0.718. The van der Waals surface area contributed by atoms with Gasteiger partial charge < -0.3 is 25.2 Å². The third-order valence-electron chi connectivity index (χ3n) is 3.25. The number of benzene rings is 1. The molecule has 0 radical (unpaired) electrons. The third kappa shape index (κ3) is 8.39. The van der Waals surface area contributed by atoms with E-state index in [2.05, 4.69) is 20.4 Å². The van der Waals surface area contributed by atoms with Crippen LogP contribution < -0.4 is 15.4 Å². The number of aliphatic imine (C=N–C) groups is 1. The first-order chi connectivity index (χ1) is 12.0. The van der Waals surface area contributed by atoms with Crippen molar-refractivity contribution >= 4 is 11.9 Å². The Bertz CT molecular complexity index is 544. The number of ether oxygens (including phenoxy) is 2. The second-order valence-electron chi connectivity index (χ2n) is 5.72. The molecule has 0 aliphatic heterocycles. The molecule has 7 nitrogen and oxygen atoms in total. The molecule has 0 bridgehead atoms. The quantitative estimate of drug-likeness (QED) is 0.356. The predicted molar refractivity (Wildman–Crippen MR) is 97.8 cm³/mol. The molecular weight excluding hydrogens is 322 g/mol. The summed E-state index contributed by atoms with van der Waals surface area (Å²) in [6.45, 7) is 7.18. The van der Waals surface area contributed by atoms with Crippen LogP contribution in [-0.2, 0) is 9.53 Å². The number of hydrogen-bond donors (Lipinski definition) is 3. The minimum absolute atomic E-state index is 0.110. The van der Waals surface area contributed by atoms with Crippen molar-refractivity contribution in [1.82, 2.24) is 10.6 Å². The number of methoxy groups -OCH3 is 1. The highest BCUT2D eigenvalue weighted by Gasteiger charge is 2.09. The van der Waals surface area contributed by atoms with Gasteiger partial charge in [0.1, 0.15) is 5.75 Å². The summed E-state index contributed by atoms with van der Waals surface area (Å²) in [7, 11) is 1.36. The van der Waals surface area contributed by atoms with E-state index >= 15 is 0 Å². The van der Waals surface area contributed by atoms with Gasteiger partial charge in [-0.1, -0.05) is 12.1 Å². The number of aliphatic hydroxyl groups is 1. The summed E-state index contributed by atoms with van der Waals surface area (Å²) in [6.07, 6.45) is -0.357. The van der Waals surface area contributed by atoms with Gasteiger partial charge in [-0.15, -0.1) is 0 Å². The molecule has 0 saturated carbocycles. The fraction of sp³-hybridized carbons (Fsp3) is 0.556. The first kappa shape index (κ1) is 20.8. The molecule has 0 fully saturated rings. The smallest absolute Gasteiger partial charge is 0.307 e. The maximum absolute atomic E-state index is 11.1. The first-order valence-electron chi connectivity index (χ1n) is 8.50. The van der Waals surface area contributed by atoms with Crippen LogP contribution in [0.5, 0.6) is 5.75 Å². The summed E-state index contributed by atoms with van der Waals surface area (Å²) in [5.74, 6) is 1.03. The van der Waals surface area contributed by atoms with E-state index in [1.54, 1.807) is 0 Å². The SMILES string of the molecule is CCNC(=NCC(O)c1ccc(OC(C)C)cc1)NCCC(=O)OC. The van der Waals surface area contributed by atoms with Crippen LogP contribution in [0, 0.1) is 0 Å². The molecule has 3 N–H and O–H groups in total. The van der Waals surface area contributed by atoms with Gasteiger partial charge in [-0.2, -0.15) is 0 Å². The van der Waals surface area contributed by atoms with Gasteiger partial charge in [-0.3, -0.25) is 9.79 Å². The standard InChI is InChI=1S/C18H29N3O4/c1-5-19-18(20-11-10-17(23)24-4)21-12-16(22)14-6-8-15(9-7-14)25-13(2)3/h6-9,13,16,22H,5,10-12H2,1-4H3,(H2,19,20,21). The van der Waals surface area contributed by atoms with Gasteiger partial charge in [0.2, 0.25) is 0 Å². The number of rotatable bonds is 9. The second-order valence-corrected chi connectivity index (χ2v) is 5.72. The minimum Gasteiger partial charge on any atom is -0.491 e. The molecule has 1 rings (SSSR count). The molecule has 1 atom stereocenters. The maximum Gasteiger partial charge on any atom is 0.307 e. The van der Waals surface area contributed by atoms with Crippen molar-refractivity contribution in [2.24, 2.45) is 4.99 Å². The Morgan fingerprint density at radius 3 is 2.48 bits per heavy atom. The van der Waals surface area contributed by atoms with Crippen LogP contribution >= 0.6 is 0 Å². The van der Waals surface area contributed by atoms with Crippen molar-refractivity contribution in [1.29, 1.82) is 0 Å². The van der Waals surface area contributed by atoms with E-state index in [0.717, 1.165) is 11.3 Å². The summed E-state index contributed by atoms with van der Waals surface area (Å²) in [5, 5.41) is 16.4. The fourth-order valence-electron chi connectivity index (χ4n) is 2.05. The average Bonchev–Trinajstić information content (AvgIpc) is 2.59. The topological polar surface area (TPSA) is 92.2 Å². The zero-order valence-electron chi connectivity index (χ0n) is 15.4. The molecular formula is C18H29N3O4. The van der Waals surface area contributed by atoms with Gasteiger partial charge in [0, 0.05) is 13.1 Å². The van der Waals surface area contributed by atoms with Crippen LogP contribution in [-0.4, -0.2) is 49.9 Å².